The fraction of sp³-hybridized carbons (Fsp3) is 0. The predicted octanol–water partition coefficient (Wildman–Crippen LogP) is 4.00. The third-order valence-corrected chi connectivity index (χ3v) is 3.95. The van der Waals surface area contributed by atoms with Gasteiger partial charge in [-0.05, 0) is 36.4 Å². The maximum atomic E-state index is 9.30. The zero-order chi connectivity index (χ0) is 14.3. The summed E-state index contributed by atoms with van der Waals surface area (Å²) in [5.41, 5.74) is 8.91. The van der Waals surface area contributed by atoms with E-state index >= 15 is 0 Å². The molecule has 0 aliphatic heterocycles. The van der Waals surface area contributed by atoms with Crippen molar-refractivity contribution in [3.63, 3.8) is 0 Å². The lowest BCUT2D eigenvalue weighted by molar-refractivity contribution is 1.10. The van der Waals surface area contributed by atoms with E-state index in [4.69, 9.17) is 5.73 Å². The second-order valence-electron chi connectivity index (χ2n) is 4.21. The number of hydrogen-bond acceptors (Lipinski definition) is 3. The lowest BCUT2D eigenvalue weighted by Crippen LogP contribution is -2.02. The Bertz CT molecular complexity index is 861. The van der Waals surface area contributed by atoms with Crippen LogP contribution < -0.4 is 5.73 Å². The molecule has 0 saturated carbocycles. The van der Waals surface area contributed by atoms with Crippen LogP contribution in [0, 0.1) is 11.3 Å². The number of nitrogen functional groups attached to an aromatic ring is 1. The number of anilines is 1. The Morgan fingerprint density at radius 2 is 1.80 bits per heavy atom. The highest BCUT2D eigenvalue weighted by Gasteiger charge is 2.13. The second-order valence-corrected chi connectivity index (χ2v) is 6.04. The molecule has 0 bridgehead atoms. The summed E-state index contributed by atoms with van der Waals surface area (Å²) in [5, 5.41) is 9.30. The molecular weight excluding hydrogens is 384 g/mol. The Morgan fingerprint density at radius 3 is 2.55 bits per heavy atom. The second kappa shape index (κ2) is 4.93. The van der Waals surface area contributed by atoms with Gasteiger partial charge in [0.25, 0.3) is 0 Å². The average molecular weight is 392 g/mol. The first kappa shape index (κ1) is 13.2. The molecule has 0 aliphatic carbocycles. The first-order valence-corrected chi connectivity index (χ1v) is 7.32. The highest BCUT2D eigenvalue weighted by Crippen LogP contribution is 2.28. The first-order chi connectivity index (χ1) is 9.60. The van der Waals surface area contributed by atoms with Gasteiger partial charge in [-0.15, -0.1) is 0 Å². The van der Waals surface area contributed by atoms with E-state index in [1.54, 1.807) is 10.6 Å². The number of imidazole rings is 1. The molecule has 2 N–H and O–H groups in total. The van der Waals surface area contributed by atoms with Crippen LogP contribution in [-0.2, 0) is 0 Å². The van der Waals surface area contributed by atoms with Crippen LogP contribution in [0.3, 0.4) is 0 Å². The first-order valence-electron chi connectivity index (χ1n) is 5.73. The molecule has 0 unspecified atom stereocenters. The van der Waals surface area contributed by atoms with Gasteiger partial charge in [0, 0.05) is 8.95 Å². The Balaban J connectivity index is 2.35. The molecule has 0 radical (unpaired) electrons. The van der Waals surface area contributed by atoms with Crippen molar-refractivity contribution >= 4 is 48.8 Å². The quantitative estimate of drug-likeness (QED) is 0.681. The van der Waals surface area contributed by atoms with Gasteiger partial charge in [0.15, 0.2) is 0 Å². The number of nitrogens with two attached hydrogens (primary N) is 1. The van der Waals surface area contributed by atoms with Crippen LogP contribution in [0.5, 0.6) is 0 Å². The van der Waals surface area contributed by atoms with Gasteiger partial charge in [-0.25, -0.2) is 4.98 Å². The molecule has 2 aromatic carbocycles. The topological polar surface area (TPSA) is 67.6 Å². The summed E-state index contributed by atoms with van der Waals surface area (Å²) in [4.78, 5) is 4.34. The van der Waals surface area contributed by atoms with E-state index in [2.05, 4.69) is 42.9 Å². The smallest absolute Gasteiger partial charge is 0.205 e. The Morgan fingerprint density at radius 1 is 1.10 bits per heavy atom. The number of aromatic nitrogens is 2. The molecule has 0 spiro atoms. The minimum Gasteiger partial charge on any atom is -0.369 e. The van der Waals surface area contributed by atoms with E-state index in [-0.39, 0.29) is 0 Å². The Kier molecular flexibility index (Phi) is 3.24. The zero-order valence-electron chi connectivity index (χ0n) is 10.1. The number of fused-ring (bicyclic) bond motifs is 1. The van der Waals surface area contributed by atoms with Gasteiger partial charge < -0.3 is 5.73 Å². The SMILES string of the molecule is N#Cc1cc(Br)ccc1-n1c(N)nc2cc(Br)ccc21. The average Bonchev–Trinajstić information content (AvgIpc) is 2.73. The normalized spacial score (nSPS) is 10.7. The minimum absolute atomic E-state index is 0.358. The summed E-state index contributed by atoms with van der Waals surface area (Å²) in [7, 11) is 0. The van der Waals surface area contributed by atoms with Crippen molar-refractivity contribution in [2.45, 2.75) is 0 Å². The Labute approximate surface area is 132 Å². The molecule has 3 aromatic rings. The van der Waals surface area contributed by atoms with Crippen molar-refractivity contribution in [2.24, 2.45) is 0 Å². The number of nitrogens with zero attached hydrogens (tertiary/aromatic N) is 3. The largest absolute Gasteiger partial charge is 0.369 e. The molecule has 6 heteroatoms. The molecule has 0 amide bonds. The summed E-state index contributed by atoms with van der Waals surface area (Å²) < 4.78 is 3.57. The third kappa shape index (κ3) is 2.09. The van der Waals surface area contributed by atoms with Crippen molar-refractivity contribution in [2.75, 3.05) is 5.73 Å². The van der Waals surface area contributed by atoms with Gasteiger partial charge in [-0.2, -0.15) is 5.26 Å². The lowest BCUT2D eigenvalue weighted by Gasteiger charge is -2.09. The van der Waals surface area contributed by atoms with E-state index in [0.29, 0.717) is 11.5 Å². The van der Waals surface area contributed by atoms with Crippen LogP contribution in [0.2, 0.25) is 0 Å². The number of halogens is 2. The number of hydrogen-bond donors (Lipinski definition) is 1. The van der Waals surface area contributed by atoms with Crippen LogP contribution >= 0.6 is 31.9 Å². The Hall–Kier alpha value is -1.84. The van der Waals surface area contributed by atoms with Gasteiger partial charge in [0.1, 0.15) is 6.07 Å². The standard InChI is InChI=1S/C14H8Br2N4/c15-9-1-3-12(8(5-9)7-17)20-13-4-2-10(16)6-11(13)19-14(20)18/h1-6H,(H2,18,19). The summed E-state index contributed by atoms with van der Waals surface area (Å²) in [5.74, 6) is 0.358. The maximum absolute atomic E-state index is 9.30. The van der Waals surface area contributed by atoms with Crippen molar-refractivity contribution in [3.05, 3.63) is 50.9 Å². The maximum Gasteiger partial charge on any atom is 0.205 e. The van der Waals surface area contributed by atoms with Gasteiger partial charge in [0.05, 0.1) is 22.3 Å². The molecule has 0 fully saturated rings. The molecular formula is C14H8Br2N4. The van der Waals surface area contributed by atoms with Crippen LogP contribution in [0.25, 0.3) is 16.7 Å². The minimum atomic E-state index is 0.358. The van der Waals surface area contributed by atoms with Crippen molar-refractivity contribution in [1.29, 1.82) is 5.26 Å². The van der Waals surface area contributed by atoms with Crippen LogP contribution in [0.4, 0.5) is 5.95 Å². The van der Waals surface area contributed by atoms with Crippen molar-refractivity contribution in [1.82, 2.24) is 9.55 Å². The number of nitriles is 1. The third-order valence-electron chi connectivity index (χ3n) is 2.96. The van der Waals surface area contributed by atoms with Crippen LogP contribution in [0.1, 0.15) is 5.56 Å². The van der Waals surface area contributed by atoms with Crippen molar-refractivity contribution in [3.8, 4) is 11.8 Å². The van der Waals surface area contributed by atoms with E-state index < -0.39 is 0 Å². The predicted molar refractivity (Wildman–Crippen MR) is 85.6 cm³/mol. The van der Waals surface area contributed by atoms with Gasteiger partial charge >= 0.3 is 0 Å². The molecule has 1 aromatic heterocycles. The molecule has 1 heterocycles. The summed E-state index contributed by atoms with van der Waals surface area (Å²) in [6.45, 7) is 0. The summed E-state index contributed by atoms with van der Waals surface area (Å²) in [6, 6.07) is 13.4. The van der Waals surface area contributed by atoms with E-state index in [1.807, 2.05) is 30.3 Å². The van der Waals surface area contributed by atoms with Gasteiger partial charge in [-0.3, -0.25) is 4.57 Å². The zero-order valence-corrected chi connectivity index (χ0v) is 13.3. The molecule has 0 atom stereocenters. The van der Waals surface area contributed by atoms with E-state index in [0.717, 1.165) is 25.7 Å². The highest BCUT2D eigenvalue weighted by molar-refractivity contribution is 9.10. The van der Waals surface area contributed by atoms with Gasteiger partial charge in [0.2, 0.25) is 5.95 Å². The lowest BCUT2D eigenvalue weighted by atomic mass is 10.2. The molecule has 98 valence electrons. The van der Waals surface area contributed by atoms with E-state index in [9.17, 15) is 5.26 Å². The fourth-order valence-electron chi connectivity index (χ4n) is 2.12. The molecule has 4 nitrogen and oxygen atoms in total. The number of benzene rings is 2. The van der Waals surface area contributed by atoms with Crippen molar-refractivity contribution < 1.29 is 0 Å². The number of rotatable bonds is 1. The highest BCUT2D eigenvalue weighted by atomic mass is 79.9. The molecule has 0 saturated heterocycles. The molecule has 0 aliphatic rings. The van der Waals surface area contributed by atoms with Crippen LogP contribution in [0.15, 0.2) is 45.3 Å². The molecule has 3 rings (SSSR count). The molecule has 20 heavy (non-hydrogen) atoms. The summed E-state index contributed by atoms with van der Waals surface area (Å²) >= 11 is 6.78. The summed E-state index contributed by atoms with van der Waals surface area (Å²) in [6.07, 6.45) is 0. The van der Waals surface area contributed by atoms with Crippen LogP contribution in [-0.4, -0.2) is 9.55 Å². The monoisotopic (exact) mass is 390 g/mol. The fourth-order valence-corrected chi connectivity index (χ4v) is 2.83. The van der Waals surface area contributed by atoms with Gasteiger partial charge in [-0.1, -0.05) is 31.9 Å². The van der Waals surface area contributed by atoms with E-state index in [1.165, 1.54) is 0 Å².